The fourth-order valence-corrected chi connectivity index (χ4v) is 3.19. The van der Waals surface area contributed by atoms with Crippen LogP contribution in [-0.4, -0.2) is 76.0 Å². The number of unbranched alkanes of at least 4 members (excludes halogenated alkanes) is 2. The highest BCUT2D eigenvalue weighted by Gasteiger charge is 2.29. The first-order valence-electron chi connectivity index (χ1n) is 11.5. The number of carbonyl (C=O) groups is 4. The minimum atomic E-state index is -1.22. The molecule has 0 spiro atoms. The SMILES string of the molecule is CC(N)C(=O)NC(CCCCN)C(=O)NC(CCCCN)C(=O)NC(Cc1cnc[nH]1)C(=O)O. The summed E-state index contributed by atoms with van der Waals surface area (Å²) in [5.74, 6) is -2.92. The van der Waals surface area contributed by atoms with Crippen LogP contribution in [0.3, 0.4) is 0 Å². The molecule has 1 rings (SSSR count). The molecule has 13 nitrogen and oxygen atoms in total. The highest BCUT2D eigenvalue weighted by Crippen LogP contribution is 2.07. The summed E-state index contributed by atoms with van der Waals surface area (Å²) in [7, 11) is 0. The number of aromatic nitrogens is 2. The summed E-state index contributed by atoms with van der Waals surface area (Å²) < 4.78 is 0. The Hall–Kier alpha value is -3.03. The quantitative estimate of drug-likeness (QED) is 0.116. The van der Waals surface area contributed by atoms with Gasteiger partial charge in [0.25, 0.3) is 0 Å². The van der Waals surface area contributed by atoms with Crippen LogP contribution in [-0.2, 0) is 25.6 Å². The number of H-pyrrole nitrogens is 1. The Balaban J connectivity index is 2.93. The summed E-state index contributed by atoms with van der Waals surface area (Å²) in [6.45, 7) is 2.34. The zero-order valence-electron chi connectivity index (χ0n) is 19.6. The highest BCUT2D eigenvalue weighted by atomic mass is 16.4. The lowest BCUT2D eigenvalue weighted by Crippen LogP contribution is -2.57. The van der Waals surface area contributed by atoms with Crippen molar-refractivity contribution >= 4 is 23.7 Å². The standard InChI is InChI=1S/C21H38N8O5/c1-13(24)18(30)27-15(6-2-4-8-22)19(31)28-16(7-3-5-9-23)20(32)29-17(21(33)34)10-14-11-25-12-26-14/h11-13,15-17H,2-10,22-24H2,1H3,(H,25,26)(H,27,30)(H,28,31)(H,29,32)(H,33,34). The second kappa shape index (κ2) is 15.7. The molecule has 0 aliphatic carbocycles. The number of carboxylic acid groups (broad SMARTS) is 1. The number of imidazole rings is 1. The summed E-state index contributed by atoms with van der Waals surface area (Å²) in [6, 6.07) is -3.95. The van der Waals surface area contributed by atoms with E-state index in [4.69, 9.17) is 17.2 Å². The van der Waals surface area contributed by atoms with Crippen molar-refractivity contribution in [3.63, 3.8) is 0 Å². The van der Waals surface area contributed by atoms with Gasteiger partial charge in [0.1, 0.15) is 18.1 Å². The van der Waals surface area contributed by atoms with Crippen LogP contribution in [0.5, 0.6) is 0 Å². The van der Waals surface area contributed by atoms with Crippen molar-refractivity contribution in [2.75, 3.05) is 13.1 Å². The van der Waals surface area contributed by atoms with E-state index in [0.717, 1.165) is 0 Å². The third kappa shape index (κ3) is 10.7. The van der Waals surface area contributed by atoms with E-state index >= 15 is 0 Å². The summed E-state index contributed by atoms with van der Waals surface area (Å²) >= 11 is 0. The lowest BCUT2D eigenvalue weighted by atomic mass is 10.0. The number of hydrogen-bond donors (Lipinski definition) is 8. The molecule has 0 aliphatic heterocycles. The fourth-order valence-electron chi connectivity index (χ4n) is 3.19. The molecule has 0 bridgehead atoms. The Morgan fingerprint density at radius 3 is 1.82 bits per heavy atom. The smallest absolute Gasteiger partial charge is 0.326 e. The summed E-state index contributed by atoms with van der Waals surface area (Å²) in [6.07, 6.45) is 5.85. The Morgan fingerprint density at radius 1 is 0.912 bits per heavy atom. The van der Waals surface area contributed by atoms with Crippen LogP contribution in [0.15, 0.2) is 12.5 Å². The minimum Gasteiger partial charge on any atom is -0.480 e. The summed E-state index contributed by atoms with van der Waals surface area (Å²) in [5.41, 5.74) is 17.2. The maximum absolute atomic E-state index is 13.0. The molecule has 13 heteroatoms. The average Bonchev–Trinajstić information content (AvgIpc) is 3.30. The highest BCUT2D eigenvalue weighted by molar-refractivity contribution is 5.94. The van der Waals surface area contributed by atoms with Gasteiger partial charge < -0.3 is 43.2 Å². The van der Waals surface area contributed by atoms with Gasteiger partial charge >= 0.3 is 5.97 Å². The van der Waals surface area contributed by atoms with E-state index in [1.165, 1.54) is 19.4 Å². The van der Waals surface area contributed by atoms with Crippen molar-refractivity contribution in [3.8, 4) is 0 Å². The molecule has 4 unspecified atom stereocenters. The van der Waals surface area contributed by atoms with Gasteiger partial charge in [-0.3, -0.25) is 14.4 Å². The molecule has 11 N–H and O–H groups in total. The van der Waals surface area contributed by atoms with Crippen molar-refractivity contribution in [2.24, 2.45) is 17.2 Å². The first kappa shape index (κ1) is 29.0. The summed E-state index contributed by atoms with van der Waals surface area (Å²) in [5, 5.41) is 17.3. The number of rotatable bonds is 17. The molecule has 0 saturated carbocycles. The molecule has 3 amide bonds. The van der Waals surface area contributed by atoms with Gasteiger partial charge in [-0.2, -0.15) is 0 Å². The first-order chi connectivity index (χ1) is 16.2. The van der Waals surface area contributed by atoms with Crippen LogP contribution in [0.2, 0.25) is 0 Å². The van der Waals surface area contributed by atoms with Gasteiger partial charge in [0.05, 0.1) is 12.4 Å². The van der Waals surface area contributed by atoms with Gasteiger partial charge in [0.2, 0.25) is 17.7 Å². The molecule has 0 saturated heterocycles. The van der Waals surface area contributed by atoms with Crippen LogP contribution >= 0.6 is 0 Å². The van der Waals surface area contributed by atoms with E-state index in [-0.39, 0.29) is 12.8 Å². The van der Waals surface area contributed by atoms with Crippen molar-refractivity contribution in [3.05, 3.63) is 18.2 Å². The number of hydrogen-bond acceptors (Lipinski definition) is 8. The minimum absolute atomic E-state index is 0.00327. The van der Waals surface area contributed by atoms with Crippen LogP contribution in [0.1, 0.15) is 51.1 Å². The topological polar surface area (TPSA) is 231 Å². The van der Waals surface area contributed by atoms with Gasteiger partial charge in [-0.05, 0) is 58.5 Å². The van der Waals surface area contributed by atoms with E-state index in [0.29, 0.717) is 50.9 Å². The monoisotopic (exact) mass is 482 g/mol. The summed E-state index contributed by atoms with van der Waals surface area (Å²) in [4.78, 5) is 56.4. The Labute approximate surface area is 199 Å². The van der Waals surface area contributed by atoms with Gasteiger partial charge in [-0.25, -0.2) is 9.78 Å². The molecular weight excluding hydrogens is 444 g/mol. The Kier molecular flexibility index (Phi) is 13.4. The number of carboxylic acids is 1. The predicted molar refractivity (Wildman–Crippen MR) is 125 cm³/mol. The molecule has 0 fully saturated rings. The Bertz CT molecular complexity index is 771. The number of aliphatic carboxylic acids is 1. The van der Waals surface area contributed by atoms with Crippen molar-refractivity contribution < 1.29 is 24.3 Å². The number of nitrogens with one attached hydrogen (secondary N) is 4. The lowest BCUT2D eigenvalue weighted by Gasteiger charge is -2.25. The molecule has 192 valence electrons. The van der Waals surface area contributed by atoms with E-state index in [2.05, 4.69) is 25.9 Å². The third-order valence-electron chi connectivity index (χ3n) is 5.17. The predicted octanol–water partition coefficient (Wildman–Crippen LogP) is -1.90. The molecule has 0 radical (unpaired) electrons. The number of nitrogens with two attached hydrogens (primary N) is 3. The van der Waals surface area contributed by atoms with E-state index in [1.54, 1.807) is 0 Å². The molecular formula is C21H38N8O5. The van der Waals surface area contributed by atoms with Crippen LogP contribution in [0.25, 0.3) is 0 Å². The maximum Gasteiger partial charge on any atom is 0.326 e. The second-order valence-electron chi connectivity index (χ2n) is 8.16. The van der Waals surface area contributed by atoms with Crippen LogP contribution < -0.4 is 33.2 Å². The lowest BCUT2D eigenvalue weighted by molar-refractivity contribution is -0.142. The van der Waals surface area contributed by atoms with Crippen LogP contribution in [0.4, 0.5) is 0 Å². The molecule has 1 aromatic rings. The molecule has 0 aromatic carbocycles. The van der Waals surface area contributed by atoms with Gasteiger partial charge in [-0.15, -0.1) is 0 Å². The maximum atomic E-state index is 13.0. The molecule has 34 heavy (non-hydrogen) atoms. The Morgan fingerprint density at radius 2 is 1.41 bits per heavy atom. The molecule has 4 atom stereocenters. The molecule has 1 heterocycles. The molecule has 0 aliphatic rings. The van der Waals surface area contributed by atoms with Gasteiger partial charge in [-0.1, -0.05) is 0 Å². The largest absolute Gasteiger partial charge is 0.480 e. The molecule has 1 aromatic heterocycles. The van der Waals surface area contributed by atoms with E-state index in [1.807, 2.05) is 0 Å². The van der Waals surface area contributed by atoms with E-state index < -0.39 is 47.9 Å². The zero-order chi connectivity index (χ0) is 25.5. The fraction of sp³-hybridized carbons (Fsp3) is 0.667. The van der Waals surface area contributed by atoms with Gasteiger partial charge in [0, 0.05) is 18.3 Å². The zero-order valence-corrected chi connectivity index (χ0v) is 19.6. The first-order valence-corrected chi connectivity index (χ1v) is 11.5. The van der Waals surface area contributed by atoms with E-state index in [9.17, 15) is 24.3 Å². The van der Waals surface area contributed by atoms with Crippen molar-refractivity contribution in [2.45, 2.75) is 76.0 Å². The number of nitrogens with zero attached hydrogens (tertiary/aromatic N) is 1. The normalized spacial score (nSPS) is 14.5. The number of aromatic amines is 1. The third-order valence-corrected chi connectivity index (χ3v) is 5.17. The number of carbonyl (C=O) groups excluding carboxylic acids is 3. The van der Waals surface area contributed by atoms with Crippen molar-refractivity contribution in [1.29, 1.82) is 0 Å². The number of amides is 3. The second-order valence-corrected chi connectivity index (χ2v) is 8.16. The average molecular weight is 483 g/mol. The van der Waals surface area contributed by atoms with Crippen molar-refractivity contribution in [1.82, 2.24) is 25.9 Å². The van der Waals surface area contributed by atoms with Crippen LogP contribution in [0, 0.1) is 0 Å². The van der Waals surface area contributed by atoms with Gasteiger partial charge in [0.15, 0.2) is 0 Å².